The standard InChI is InChI=1S/C25H26ClN3O4S/c1-17-13-14-20(26)15-23(17)29(34(3,32)33)16-24(30)28-22-12-8-7-11-21(22)25(31)27-18(2)19-9-5-4-6-10-19/h4-15,18H,16H2,1-3H3,(H,27,31)(H,28,30)/t18-/m1/s1. The van der Waals surface area contributed by atoms with Crippen LogP contribution in [-0.2, 0) is 14.8 Å². The molecule has 0 saturated heterocycles. The van der Waals surface area contributed by atoms with Gasteiger partial charge in [-0.05, 0) is 49.2 Å². The number of anilines is 2. The molecule has 3 aromatic rings. The number of sulfonamides is 1. The second-order valence-corrected chi connectivity index (χ2v) is 10.2. The third-order valence-corrected chi connectivity index (χ3v) is 6.58. The normalized spacial score (nSPS) is 12.0. The van der Waals surface area contributed by atoms with E-state index in [1.165, 1.54) is 6.07 Å². The van der Waals surface area contributed by atoms with Gasteiger partial charge in [0.1, 0.15) is 6.54 Å². The highest BCUT2D eigenvalue weighted by atomic mass is 35.5. The predicted molar refractivity (Wildman–Crippen MR) is 136 cm³/mol. The number of hydrogen-bond acceptors (Lipinski definition) is 4. The van der Waals surface area contributed by atoms with Crippen LogP contribution in [0.3, 0.4) is 0 Å². The summed E-state index contributed by atoms with van der Waals surface area (Å²) in [5.74, 6) is -0.959. The number of amides is 2. The molecule has 0 unspecified atom stereocenters. The topological polar surface area (TPSA) is 95.6 Å². The van der Waals surface area contributed by atoms with E-state index in [2.05, 4.69) is 10.6 Å². The van der Waals surface area contributed by atoms with Crippen molar-refractivity contribution in [3.8, 4) is 0 Å². The maximum Gasteiger partial charge on any atom is 0.253 e. The summed E-state index contributed by atoms with van der Waals surface area (Å²) in [6.07, 6.45) is 1.02. The lowest BCUT2D eigenvalue weighted by Crippen LogP contribution is -2.38. The Balaban J connectivity index is 1.79. The molecule has 3 aromatic carbocycles. The van der Waals surface area contributed by atoms with Crippen LogP contribution >= 0.6 is 11.6 Å². The molecule has 0 spiro atoms. The van der Waals surface area contributed by atoms with Crippen molar-refractivity contribution in [1.82, 2.24) is 5.32 Å². The number of nitrogens with zero attached hydrogens (tertiary/aromatic N) is 1. The van der Waals surface area contributed by atoms with Gasteiger partial charge in [0.15, 0.2) is 0 Å². The minimum absolute atomic E-state index is 0.246. The largest absolute Gasteiger partial charge is 0.345 e. The highest BCUT2D eigenvalue weighted by Crippen LogP contribution is 2.26. The summed E-state index contributed by atoms with van der Waals surface area (Å²) < 4.78 is 25.9. The third-order valence-electron chi connectivity index (χ3n) is 5.22. The first-order valence-corrected chi connectivity index (χ1v) is 12.8. The maximum absolute atomic E-state index is 12.9. The number of rotatable bonds is 8. The Labute approximate surface area is 204 Å². The lowest BCUT2D eigenvalue weighted by molar-refractivity contribution is -0.114. The van der Waals surface area contributed by atoms with Gasteiger partial charge >= 0.3 is 0 Å². The van der Waals surface area contributed by atoms with Gasteiger partial charge in [0.2, 0.25) is 15.9 Å². The first-order chi connectivity index (χ1) is 16.1. The molecule has 2 amide bonds. The molecule has 3 rings (SSSR count). The SMILES string of the molecule is Cc1ccc(Cl)cc1N(CC(=O)Nc1ccccc1C(=O)N[C@H](C)c1ccccc1)S(C)(=O)=O. The summed E-state index contributed by atoms with van der Waals surface area (Å²) in [6.45, 7) is 3.12. The molecule has 0 aliphatic carbocycles. The zero-order valence-electron chi connectivity index (χ0n) is 19.1. The zero-order chi connectivity index (χ0) is 24.9. The Morgan fingerprint density at radius 2 is 1.65 bits per heavy atom. The van der Waals surface area contributed by atoms with Gasteiger partial charge in [-0.2, -0.15) is 0 Å². The van der Waals surface area contributed by atoms with Gasteiger partial charge in [0, 0.05) is 5.02 Å². The molecule has 0 fully saturated rings. The van der Waals surface area contributed by atoms with Crippen LogP contribution in [0.15, 0.2) is 72.8 Å². The third kappa shape index (κ3) is 6.36. The number of carbonyl (C=O) groups is 2. The molecule has 2 N–H and O–H groups in total. The molecule has 0 bridgehead atoms. The summed E-state index contributed by atoms with van der Waals surface area (Å²) in [5, 5.41) is 5.94. The summed E-state index contributed by atoms with van der Waals surface area (Å²) in [5.41, 5.74) is 2.45. The fraction of sp³-hybridized carbons (Fsp3) is 0.200. The van der Waals surface area contributed by atoms with Crippen LogP contribution in [0, 0.1) is 6.92 Å². The minimum atomic E-state index is -3.78. The van der Waals surface area contributed by atoms with E-state index < -0.39 is 22.5 Å². The summed E-state index contributed by atoms with van der Waals surface area (Å²) in [7, 11) is -3.78. The van der Waals surface area contributed by atoms with Crippen molar-refractivity contribution in [3.63, 3.8) is 0 Å². The molecule has 0 heterocycles. The highest BCUT2D eigenvalue weighted by Gasteiger charge is 2.24. The molecule has 0 saturated carbocycles. The summed E-state index contributed by atoms with van der Waals surface area (Å²) in [6, 6.07) is 20.6. The monoisotopic (exact) mass is 499 g/mol. The summed E-state index contributed by atoms with van der Waals surface area (Å²) >= 11 is 6.05. The van der Waals surface area contributed by atoms with E-state index >= 15 is 0 Å². The molecule has 1 atom stereocenters. The van der Waals surface area contributed by atoms with Gasteiger partial charge in [-0.15, -0.1) is 0 Å². The first-order valence-electron chi connectivity index (χ1n) is 10.5. The molecular formula is C25H26ClN3O4S. The molecular weight excluding hydrogens is 474 g/mol. The Morgan fingerprint density at radius 3 is 2.32 bits per heavy atom. The molecule has 34 heavy (non-hydrogen) atoms. The van der Waals surface area contributed by atoms with E-state index in [0.29, 0.717) is 16.3 Å². The van der Waals surface area contributed by atoms with E-state index in [-0.39, 0.29) is 23.2 Å². The van der Waals surface area contributed by atoms with Crippen molar-refractivity contribution >= 4 is 44.8 Å². The fourth-order valence-electron chi connectivity index (χ4n) is 3.44. The van der Waals surface area contributed by atoms with Gasteiger partial charge < -0.3 is 10.6 Å². The lowest BCUT2D eigenvalue weighted by Gasteiger charge is -2.24. The zero-order valence-corrected chi connectivity index (χ0v) is 20.7. The van der Waals surface area contributed by atoms with Gasteiger partial charge in [-0.1, -0.05) is 60.1 Å². The van der Waals surface area contributed by atoms with E-state index in [1.54, 1.807) is 43.3 Å². The Bertz CT molecular complexity index is 1300. The fourth-order valence-corrected chi connectivity index (χ4v) is 4.51. The molecule has 9 heteroatoms. The van der Waals surface area contributed by atoms with Gasteiger partial charge in [0.05, 0.1) is 29.2 Å². The molecule has 0 aliphatic heterocycles. The van der Waals surface area contributed by atoms with Crippen molar-refractivity contribution in [1.29, 1.82) is 0 Å². The van der Waals surface area contributed by atoms with E-state index in [1.807, 2.05) is 37.3 Å². The number of halogens is 1. The van der Waals surface area contributed by atoms with Crippen molar-refractivity contribution in [3.05, 3.63) is 94.5 Å². The Kier molecular flexibility index (Phi) is 7.96. The summed E-state index contributed by atoms with van der Waals surface area (Å²) in [4.78, 5) is 25.8. The average molecular weight is 500 g/mol. The minimum Gasteiger partial charge on any atom is -0.345 e. The van der Waals surface area contributed by atoms with Gasteiger partial charge in [0.25, 0.3) is 5.91 Å². The number of benzene rings is 3. The van der Waals surface area contributed by atoms with Crippen LogP contribution in [0.1, 0.15) is 34.5 Å². The van der Waals surface area contributed by atoms with Crippen LogP contribution in [0.5, 0.6) is 0 Å². The van der Waals surface area contributed by atoms with Gasteiger partial charge in [-0.3, -0.25) is 13.9 Å². The molecule has 0 aromatic heterocycles. The van der Waals surface area contributed by atoms with Crippen LogP contribution in [0.4, 0.5) is 11.4 Å². The van der Waals surface area contributed by atoms with E-state index in [9.17, 15) is 18.0 Å². The predicted octanol–water partition coefficient (Wildman–Crippen LogP) is 4.54. The van der Waals surface area contributed by atoms with Crippen LogP contribution < -0.4 is 14.9 Å². The number of hydrogen-bond donors (Lipinski definition) is 2. The van der Waals surface area contributed by atoms with Crippen molar-refractivity contribution in [2.75, 3.05) is 22.4 Å². The number of nitrogens with one attached hydrogen (secondary N) is 2. The van der Waals surface area contributed by atoms with Crippen molar-refractivity contribution in [2.45, 2.75) is 19.9 Å². The quantitative estimate of drug-likeness (QED) is 0.475. The van der Waals surface area contributed by atoms with E-state index in [0.717, 1.165) is 16.1 Å². The van der Waals surface area contributed by atoms with Crippen molar-refractivity contribution in [2.24, 2.45) is 0 Å². The van der Waals surface area contributed by atoms with Crippen LogP contribution in [0.25, 0.3) is 0 Å². The lowest BCUT2D eigenvalue weighted by atomic mass is 10.1. The number of aryl methyl sites for hydroxylation is 1. The molecule has 0 radical (unpaired) electrons. The number of carbonyl (C=O) groups excluding carboxylic acids is 2. The number of para-hydroxylation sites is 1. The first kappa shape index (κ1) is 25.3. The highest BCUT2D eigenvalue weighted by molar-refractivity contribution is 7.92. The molecule has 7 nitrogen and oxygen atoms in total. The molecule has 178 valence electrons. The second kappa shape index (κ2) is 10.7. The Morgan fingerprint density at radius 1 is 1.00 bits per heavy atom. The van der Waals surface area contributed by atoms with E-state index in [4.69, 9.17) is 11.6 Å². The second-order valence-electron chi connectivity index (χ2n) is 7.90. The maximum atomic E-state index is 12.9. The average Bonchev–Trinajstić information content (AvgIpc) is 2.79. The Hall–Kier alpha value is -3.36. The van der Waals surface area contributed by atoms with Crippen molar-refractivity contribution < 1.29 is 18.0 Å². The van der Waals surface area contributed by atoms with Gasteiger partial charge in [-0.25, -0.2) is 8.42 Å². The van der Waals surface area contributed by atoms with Crippen LogP contribution in [0.2, 0.25) is 5.02 Å². The molecule has 0 aliphatic rings. The van der Waals surface area contributed by atoms with Crippen LogP contribution in [-0.4, -0.2) is 33.0 Å². The smallest absolute Gasteiger partial charge is 0.253 e.